The Bertz CT molecular complexity index is 1370. The minimum Gasteiger partial charge on any atom is -0.234 e. The van der Waals surface area contributed by atoms with E-state index in [4.69, 9.17) is 28.3 Å². The first-order valence-electron chi connectivity index (χ1n) is 9.44. The number of benzene rings is 2. The largest absolute Gasteiger partial charge is 0.234 e. The molecule has 5 aromatic rings. The zero-order valence-electron chi connectivity index (χ0n) is 16.3. The van der Waals surface area contributed by atoms with E-state index in [1.807, 2.05) is 89.8 Å². The van der Waals surface area contributed by atoms with Crippen LogP contribution in [-0.2, 0) is 0 Å². The summed E-state index contributed by atoms with van der Waals surface area (Å²) in [6.45, 7) is 3.94. The predicted octanol–water partition coefficient (Wildman–Crippen LogP) is 6.17. The van der Waals surface area contributed by atoms with Gasteiger partial charge in [0.15, 0.2) is 11.5 Å². The van der Waals surface area contributed by atoms with Crippen molar-refractivity contribution in [1.82, 2.24) is 24.4 Å². The third-order valence-corrected chi connectivity index (χ3v) is 5.37. The average Bonchev–Trinajstić information content (AvgIpc) is 3.32. The fourth-order valence-electron chi connectivity index (χ4n) is 3.52. The maximum atomic E-state index is 6.07. The predicted molar refractivity (Wildman–Crippen MR) is 120 cm³/mol. The molecule has 0 atom stereocenters. The molecule has 148 valence electrons. The third kappa shape index (κ3) is 3.36. The van der Waals surface area contributed by atoms with Crippen LogP contribution in [0.5, 0.6) is 0 Å². The molecule has 0 aliphatic rings. The van der Waals surface area contributed by atoms with Crippen molar-refractivity contribution in [1.29, 1.82) is 0 Å². The van der Waals surface area contributed by atoms with Crippen LogP contribution in [-0.4, -0.2) is 24.4 Å². The fourth-order valence-corrected chi connectivity index (χ4v) is 3.77. The molecule has 0 aliphatic carbocycles. The molecule has 0 saturated heterocycles. The van der Waals surface area contributed by atoms with E-state index < -0.39 is 0 Å². The van der Waals surface area contributed by atoms with Gasteiger partial charge in [-0.05, 0) is 50.2 Å². The normalized spacial score (nSPS) is 11.3. The summed E-state index contributed by atoms with van der Waals surface area (Å²) in [5.41, 5.74) is 6.48. The SMILES string of the molecule is Cc1cc(-c2ccc(Cl)cc2)n2nc(-n3nc(C)cc3-c3ccc(Cl)cc3)cc2n1. The molecule has 0 saturated carbocycles. The summed E-state index contributed by atoms with van der Waals surface area (Å²) in [5, 5.41) is 10.9. The zero-order valence-corrected chi connectivity index (χ0v) is 17.9. The number of hydrogen-bond acceptors (Lipinski definition) is 3. The summed E-state index contributed by atoms with van der Waals surface area (Å²) in [4.78, 5) is 4.66. The van der Waals surface area contributed by atoms with Gasteiger partial charge in [-0.15, -0.1) is 5.10 Å². The highest BCUT2D eigenvalue weighted by Gasteiger charge is 2.16. The summed E-state index contributed by atoms with van der Waals surface area (Å²) in [6, 6.07) is 21.4. The Morgan fingerprint density at radius 2 is 1.23 bits per heavy atom. The minimum absolute atomic E-state index is 0.696. The van der Waals surface area contributed by atoms with Gasteiger partial charge in [-0.2, -0.15) is 5.10 Å². The van der Waals surface area contributed by atoms with Crippen molar-refractivity contribution in [3.05, 3.63) is 88.2 Å². The topological polar surface area (TPSA) is 48.0 Å². The molecule has 0 spiro atoms. The van der Waals surface area contributed by atoms with Crippen LogP contribution in [0.1, 0.15) is 11.4 Å². The van der Waals surface area contributed by atoms with Crippen molar-refractivity contribution in [3.63, 3.8) is 0 Å². The second-order valence-corrected chi connectivity index (χ2v) is 8.02. The molecule has 0 bridgehead atoms. The van der Waals surface area contributed by atoms with Gasteiger partial charge in [0.2, 0.25) is 0 Å². The summed E-state index contributed by atoms with van der Waals surface area (Å²) < 4.78 is 3.68. The Morgan fingerprint density at radius 1 is 0.667 bits per heavy atom. The van der Waals surface area contributed by atoms with Crippen LogP contribution in [0.15, 0.2) is 66.7 Å². The van der Waals surface area contributed by atoms with Crippen LogP contribution in [0.4, 0.5) is 0 Å². The number of halogens is 2. The van der Waals surface area contributed by atoms with E-state index in [0.717, 1.165) is 39.5 Å². The summed E-state index contributed by atoms with van der Waals surface area (Å²) in [7, 11) is 0. The molecule has 0 amide bonds. The quantitative estimate of drug-likeness (QED) is 0.341. The maximum Gasteiger partial charge on any atom is 0.178 e. The van der Waals surface area contributed by atoms with Gasteiger partial charge in [0.05, 0.1) is 17.1 Å². The highest BCUT2D eigenvalue weighted by Crippen LogP contribution is 2.27. The van der Waals surface area contributed by atoms with Gasteiger partial charge in [-0.1, -0.05) is 47.5 Å². The Morgan fingerprint density at radius 3 is 1.87 bits per heavy atom. The highest BCUT2D eigenvalue weighted by molar-refractivity contribution is 6.30. The van der Waals surface area contributed by atoms with E-state index in [1.165, 1.54) is 0 Å². The van der Waals surface area contributed by atoms with E-state index in [1.54, 1.807) is 0 Å². The first-order valence-corrected chi connectivity index (χ1v) is 10.2. The van der Waals surface area contributed by atoms with Gasteiger partial charge in [-0.3, -0.25) is 0 Å². The van der Waals surface area contributed by atoms with Crippen LogP contribution in [0.3, 0.4) is 0 Å². The van der Waals surface area contributed by atoms with Crippen LogP contribution < -0.4 is 0 Å². The lowest BCUT2D eigenvalue weighted by atomic mass is 10.1. The van der Waals surface area contributed by atoms with Gasteiger partial charge in [0, 0.05) is 32.9 Å². The Labute approximate surface area is 183 Å². The number of nitrogens with zero attached hydrogens (tertiary/aromatic N) is 5. The van der Waals surface area contributed by atoms with Crippen molar-refractivity contribution in [2.75, 3.05) is 0 Å². The Kier molecular flexibility index (Phi) is 4.57. The standard InChI is InChI=1S/C23H17Cl2N5/c1-14-11-20(16-3-7-18(24)8-4-16)29-22(26-14)13-23(28-29)30-21(12-15(2)27-30)17-5-9-19(25)10-6-17/h3-13H,1-2H3. The Balaban J connectivity index is 1.69. The zero-order chi connectivity index (χ0) is 20.8. The van der Waals surface area contributed by atoms with Gasteiger partial charge in [0.1, 0.15) is 0 Å². The first kappa shape index (κ1) is 18.9. The number of fused-ring (bicyclic) bond motifs is 1. The van der Waals surface area contributed by atoms with Crippen molar-refractivity contribution < 1.29 is 0 Å². The second-order valence-electron chi connectivity index (χ2n) is 7.15. The van der Waals surface area contributed by atoms with Crippen molar-refractivity contribution >= 4 is 28.8 Å². The van der Waals surface area contributed by atoms with Crippen LogP contribution in [0.25, 0.3) is 34.0 Å². The summed E-state index contributed by atoms with van der Waals surface area (Å²) in [5.74, 6) is 0.696. The molecule has 0 fully saturated rings. The molecule has 5 nitrogen and oxygen atoms in total. The molecular formula is C23H17Cl2N5. The molecule has 3 heterocycles. The smallest absolute Gasteiger partial charge is 0.178 e. The van der Waals surface area contributed by atoms with E-state index in [-0.39, 0.29) is 0 Å². The maximum absolute atomic E-state index is 6.07. The van der Waals surface area contributed by atoms with Gasteiger partial charge >= 0.3 is 0 Å². The van der Waals surface area contributed by atoms with Crippen molar-refractivity contribution in [2.24, 2.45) is 0 Å². The molecule has 5 rings (SSSR count). The molecule has 0 N–H and O–H groups in total. The van der Waals surface area contributed by atoms with Gasteiger partial charge < -0.3 is 0 Å². The summed E-state index contributed by atoms with van der Waals surface area (Å²) in [6.07, 6.45) is 0. The van der Waals surface area contributed by atoms with Gasteiger partial charge in [-0.25, -0.2) is 14.2 Å². The molecule has 0 unspecified atom stereocenters. The fraction of sp³-hybridized carbons (Fsp3) is 0.0870. The monoisotopic (exact) mass is 433 g/mol. The lowest BCUT2D eigenvalue weighted by Gasteiger charge is -2.07. The van der Waals surface area contributed by atoms with E-state index in [9.17, 15) is 0 Å². The van der Waals surface area contributed by atoms with E-state index in [2.05, 4.69) is 10.1 Å². The molecule has 0 radical (unpaired) electrons. The molecule has 0 aliphatic heterocycles. The molecular weight excluding hydrogens is 417 g/mol. The number of aromatic nitrogens is 5. The van der Waals surface area contributed by atoms with Crippen LogP contribution >= 0.6 is 23.2 Å². The molecule has 3 aromatic heterocycles. The number of hydrogen-bond donors (Lipinski definition) is 0. The number of aryl methyl sites for hydroxylation is 2. The van der Waals surface area contributed by atoms with E-state index >= 15 is 0 Å². The highest BCUT2D eigenvalue weighted by atomic mass is 35.5. The summed E-state index contributed by atoms with van der Waals surface area (Å²) >= 11 is 12.1. The molecule has 2 aromatic carbocycles. The lowest BCUT2D eigenvalue weighted by Crippen LogP contribution is -2.02. The Hall–Kier alpha value is -3.15. The van der Waals surface area contributed by atoms with Crippen LogP contribution in [0, 0.1) is 13.8 Å². The van der Waals surface area contributed by atoms with Crippen molar-refractivity contribution in [2.45, 2.75) is 13.8 Å². The van der Waals surface area contributed by atoms with Gasteiger partial charge in [0.25, 0.3) is 0 Å². The van der Waals surface area contributed by atoms with Crippen LogP contribution in [0.2, 0.25) is 10.0 Å². The lowest BCUT2D eigenvalue weighted by molar-refractivity contribution is 0.809. The average molecular weight is 434 g/mol. The first-order chi connectivity index (χ1) is 14.5. The molecule has 30 heavy (non-hydrogen) atoms. The minimum atomic E-state index is 0.696. The van der Waals surface area contributed by atoms with Crippen molar-refractivity contribution in [3.8, 4) is 28.3 Å². The molecule has 7 heteroatoms. The third-order valence-electron chi connectivity index (χ3n) is 4.87. The van der Waals surface area contributed by atoms with E-state index in [0.29, 0.717) is 15.9 Å². The number of rotatable bonds is 3. The second kappa shape index (κ2) is 7.27.